The smallest absolute Gasteiger partial charge is 0.238 e. The summed E-state index contributed by atoms with van der Waals surface area (Å²) in [6.07, 6.45) is 3.37. The minimum absolute atomic E-state index is 0.140. The van der Waals surface area contributed by atoms with Crippen LogP contribution in [0.5, 0.6) is 0 Å². The number of para-hydroxylation sites is 1. The van der Waals surface area contributed by atoms with Crippen LogP contribution in [0.3, 0.4) is 0 Å². The lowest BCUT2D eigenvalue weighted by Crippen LogP contribution is -2.43. The number of carbonyl (C=O) groups is 2. The lowest BCUT2D eigenvalue weighted by molar-refractivity contribution is -0.402. The molecule has 6 heteroatoms. The number of carbonyl (C=O) groups excluding carboxylic acids is 2. The van der Waals surface area contributed by atoms with Crippen LogP contribution in [0.1, 0.15) is 29.9 Å². The Balaban J connectivity index is 2.23. The molecule has 1 amide bonds. The van der Waals surface area contributed by atoms with E-state index in [1.807, 2.05) is 54.6 Å². The van der Waals surface area contributed by atoms with Crippen LogP contribution in [0.4, 0.5) is 5.69 Å². The molecule has 0 spiro atoms. The highest BCUT2D eigenvalue weighted by atomic mass is 16.6. The highest BCUT2D eigenvalue weighted by Crippen LogP contribution is 2.52. The Hall–Kier alpha value is -3.28. The van der Waals surface area contributed by atoms with Crippen molar-refractivity contribution >= 4 is 17.9 Å². The summed E-state index contributed by atoms with van der Waals surface area (Å²) in [5, 5.41) is 10.8. The summed E-state index contributed by atoms with van der Waals surface area (Å²) in [6.45, 7) is 0. The average Bonchev–Trinajstić information content (AvgIpc) is 2.89. The number of anilines is 1. The number of allylic oxidation sites excluding steroid dienone is 1. The second-order valence-electron chi connectivity index (χ2n) is 6.59. The van der Waals surface area contributed by atoms with E-state index < -0.39 is 16.3 Å². The van der Waals surface area contributed by atoms with Crippen molar-refractivity contribution in [3.63, 3.8) is 0 Å². The molecule has 0 unspecified atom stereocenters. The first-order valence-corrected chi connectivity index (χ1v) is 8.68. The zero-order valence-corrected chi connectivity index (χ0v) is 14.9. The van der Waals surface area contributed by atoms with E-state index in [4.69, 9.17) is 0 Å². The number of amides is 1. The SMILES string of the molecule is CN1C(=O)[C@@](C/C=C/[N+](=O)[O-])([C@@H](CC=O)c2ccccc2)c2ccccc21. The van der Waals surface area contributed by atoms with E-state index >= 15 is 0 Å². The second kappa shape index (κ2) is 7.53. The van der Waals surface area contributed by atoms with Crippen molar-refractivity contribution in [1.29, 1.82) is 0 Å². The first-order chi connectivity index (χ1) is 13.0. The van der Waals surface area contributed by atoms with Gasteiger partial charge in [-0.25, -0.2) is 0 Å². The third kappa shape index (κ3) is 3.14. The standard InChI is InChI=1S/C21H20N2O4/c1-22-19-11-6-5-10-18(19)21(20(22)25,13-7-14-23(26)27)17(12-15-24)16-8-3-2-4-9-16/h2-11,14-15,17H,12-13H2,1H3/b14-7+/t17-,21-/m0/s1. The monoisotopic (exact) mass is 364 g/mol. The fourth-order valence-corrected chi connectivity index (χ4v) is 4.07. The topological polar surface area (TPSA) is 80.5 Å². The van der Waals surface area contributed by atoms with Gasteiger partial charge in [0, 0.05) is 25.1 Å². The predicted octanol–water partition coefficient (Wildman–Crippen LogP) is 3.45. The van der Waals surface area contributed by atoms with Gasteiger partial charge in [-0.1, -0.05) is 48.5 Å². The van der Waals surface area contributed by atoms with Crippen LogP contribution in [0, 0.1) is 10.1 Å². The maximum Gasteiger partial charge on any atom is 0.238 e. The molecule has 3 rings (SSSR count). The van der Waals surface area contributed by atoms with E-state index in [0.717, 1.165) is 29.3 Å². The van der Waals surface area contributed by atoms with Gasteiger partial charge < -0.3 is 9.69 Å². The molecule has 0 N–H and O–H groups in total. The number of rotatable bonds is 7. The molecule has 0 bridgehead atoms. The van der Waals surface area contributed by atoms with E-state index in [0.29, 0.717) is 0 Å². The van der Waals surface area contributed by atoms with Crippen molar-refractivity contribution < 1.29 is 14.5 Å². The summed E-state index contributed by atoms with van der Waals surface area (Å²) in [7, 11) is 1.70. The maximum absolute atomic E-state index is 13.5. The number of likely N-dealkylation sites (N-methyl/N-ethyl adjacent to an activating group) is 1. The van der Waals surface area contributed by atoms with Gasteiger partial charge in [0.05, 0.1) is 10.3 Å². The van der Waals surface area contributed by atoms with Crippen LogP contribution in [0.2, 0.25) is 0 Å². The molecule has 1 heterocycles. The largest absolute Gasteiger partial charge is 0.314 e. The molecule has 0 saturated heterocycles. The predicted molar refractivity (Wildman–Crippen MR) is 102 cm³/mol. The van der Waals surface area contributed by atoms with Crippen molar-refractivity contribution in [2.24, 2.45) is 0 Å². The molecule has 0 radical (unpaired) electrons. The van der Waals surface area contributed by atoms with Gasteiger partial charge in [-0.15, -0.1) is 0 Å². The van der Waals surface area contributed by atoms with Crippen LogP contribution in [-0.2, 0) is 15.0 Å². The Morgan fingerprint density at radius 2 is 1.81 bits per heavy atom. The third-order valence-electron chi connectivity index (χ3n) is 5.23. The van der Waals surface area contributed by atoms with Gasteiger partial charge in [-0.2, -0.15) is 0 Å². The van der Waals surface area contributed by atoms with Gasteiger partial charge in [-0.3, -0.25) is 14.9 Å². The van der Waals surface area contributed by atoms with Crippen molar-refractivity contribution in [2.45, 2.75) is 24.2 Å². The molecule has 0 aliphatic carbocycles. The fraction of sp³-hybridized carbons (Fsp3) is 0.238. The highest BCUT2D eigenvalue weighted by Gasteiger charge is 2.54. The quantitative estimate of drug-likeness (QED) is 0.428. The number of fused-ring (bicyclic) bond motifs is 1. The molecular weight excluding hydrogens is 344 g/mol. The van der Waals surface area contributed by atoms with Crippen LogP contribution < -0.4 is 4.90 Å². The number of nitro groups is 1. The summed E-state index contributed by atoms with van der Waals surface area (Å²) in [5.74, 6) is -0.585. The van der Waals surface area contributed by atoms with E-state index in [-0.39, 0.29) is 18.7 Å². The van der Waals surface area contributed by atoms with E-state index in [1.165, 1.54) is 6.08 Å². The molecule has 0 fully saturated rings. The number of hydrogen-bond donors (Lipinski definition) is 0. The zero-order chi connectivity index (χ0) is 19.4. The van der Waals surface area contributed by atoms with Crippen molar-refractivity contribution in [1.82, 2.24) is 0 Å². The molecule has 1 aliphatic heterocycles. The van der Waals surface area contributed by atoms with Gasteiger partial charge in [0.15, 0.2) is 0 Å². The van der Waals surface area contributed by atoms with Crippen LogP contribution >= 0.6 is 0 Å². The number of aldehydes is 1. The Bertz CT molecular complexity index is 894. The van der Waals surface area contributed by atoms with Gasteiger partial charge >= 0.3 is 0 Å². The van der Waals surface area contributed by atoms with E-state index in [9.17, 15) is 19.7 Å². The lowest BCUT2D eigenvalue weighted by Gasteiger charge is -2.35. The lowest BCUT2D eigenvalue weighted by atomic mass is 9.65. The molecular formula is C21H20N2O4. The van der Waals surface area contributed by atoms with Gasteiger partial charge in [0.25, 0.3) is 0 Å². The van der Waals surface area contributed by atoms with Gasteiger partial charge in [0.1, 0.15) is 6.29 Å². The summed E-state index contributed by atoms with van der Waals surface area (Å²) in [6, 6.07) is 16.8. The molecule has 0 aromatic heterocycles. The van der Waals surface area contributed by atoms with E-state index in [2.05, 4.69) is 0 Å². The van der Waals surface area contributed by atoms with Gasteiger partial charge in [0.2, 0.25) is 12.1 Å². The minimum atomic E-state index is -1.07. The van der Waals surface area contributed by atoms with Gasteiger partial charge in [-0.05, 0) is 29.7 Å². The minimum Gasteiger partial charge on any atom is -0.314 e. The van der Waals surface area contributed by atoms with E-state index in [1.54, 1.807) is 11.9 Å². The molecule has 2 aromatic rings. The molecule has 6 nitrogen and oxygen atoms in total. The number of hydrogen-bond acceptors (Lipinski definition) is 4. The van der Waals surface area contributed by atoms with Crippen LogP contribution in [0.15, 0.2) is 66.9 Å². The van der Waals surface area contributed by atoms with Crippen LogP contribution in [-0.4, -0.2) is 24.2 Å². The summed E-state index contributed by atoms with van der Waals surface area (Å²) < 4.78 is 0. The summed E-state index contributed by atoms with van der Waals surface area (Å²) in [5.41, 5.74) is 1.35. The molecule has 138 valence electrons. The normalized spacial score (nSPS) is 19.9. The fourth-order valence-electron chi connectivity index (χ4n) is 4.07. The number of benzene rings is 2. The number of nitrogens with zero attached hydrogens (tertiary/aromatic N) is 2. The Morgan fingerprint density at radius 1 is 1.15 bits per heavy atom. The Labute approximate surface area is 157 Å². The third-order valence-corrected chi connectivity index (χ3v) is 5.23. The van der Waals surface area contributed by atoms with Crippen molar-refractivity contribution in [3.8, 4) is 0 Å². The van der Waals surface area contributed by atoms with Crippen LogP contribution in [0.25, 0.3) is 0 Å². The summed E-state index contributed by atoms with van der Waals surface area (Å²) in [4.78, 5) is 36.8. The highest BCUT2D eigenvalue weighted by molar-refractivity contribution is 6.08. The average molecular weight is 364 g/mol. The van der Waals surface area contributed by atoms with Crippen molar-refractivity contribution in [3.05, 3.63) is 88.1 Å². The Kier molecular flexibility index (Phi) is 5.16. The first-order valence-electron chi connectivity index (χ1n) is 8.68. The maximum atomic E-state index is 13.5. The molecule has 0 saturated carbocycles. The first kappa shape index (κ1) is 18.5. The molecule has 27 heavy (non-hydrogen) atoms. The second-order valence-corrected chi connectivity index (χ2v) is 6.59. The Morgan fingerprint density at radius 3 is 2.48 bits per heavy atom. The summed E-state index contributed by atoms with van der Waals surface area (Å²) >= 11 is 0. The molecule has 2 aromatic carbocycles. The van der Waals surface area contributed by atoms with Crippen molar-refractivity contribution in [2.75, 3.05) is 11.9 Å². The molecule has 1 aliphatic rings. The zero-order valence-electron chi connectivity index (χ0n) is 14.9. The molecule has 2 atom stereocenters.